The van der Waals surface area contributed by atoms with Gasteiger partial charge in [-0.1, -0.05) is 0 Å². The molecule has 0 aliphatic carbocycles. The van der Waals surface area contributed by atoms with Crippen LogP contribution in [0.15, 0.2) is 6.07 Å². The van der Waals surface area contributed by atoms with E-state index in [0.29, 0.717) is 5.82 Å². The molecular weight excluding hydrogens is 192 g/mol. The predicted octanol–water partition coefficient (Wildman–Crippen LogP) is 0.106. The summed E-state index contributed by atoms with van der Waals surface area (Å²) in [6.45, 7) is 7.70. The van der Waals surface area contributed by atoms with Gasteiger partial charge in [0.15, 0.2) is 0 Å². The van der Waals surface area contributed by atoms with Crippen LogP contribution in [-0.2, 0) is 11.3 Å². The first-order valence-electron chi connectivity index (χ1n) is 5.36. The summed E-state index contributed by atoms with van der Waals surface area (Å²) in [5.41, 5.74) is 6.75. The summed E-state index contributed by atoms with van der Waals surface area (Å²) < 4.78 is 7.26. The molecule has 0 amide bonds. The molecule has 0 aromatic carbocycles. The number of anilines is 1. The average Bonchev–Trinajstić information content (AvgIpc) is 2.56. The Morgan fingerprint density at radius 3 is 2.73 bits per heavy atom. The van der Waals surface area contributed by atoms with Crippen LogP contribution >= 0.6 is 0 Å². The van der Waals surface area contributed by atoms with Crippen molar-refractivity contribution in [2.45, 2.75) is 13.5 Å². The number of nitrogens with two attached hydrogens (primary N) is 1. The third-order valence-corrected chi connectivity index (χ3v) is 2.73. The third-order valence-electron chi connectivity index (χ3n) is 2.73. The lowest BCUT2D eigenvalue weighted by atomic mass is 10.4. The second kappa shape index (κ2) is 4.63. The summed E-state index contributed by atoms with van der Waals surface area (Å²) in [6, 6.07) is 1.90. The molecule has 5 nitrogen and oxygen atoms in total. The molecule has 2 heterocycles. The van der Waals surface area contributed by atoms with Crippen LogP contribution in [0.1, 0.15) is 5.69 Å². The lowest BCUT2D eigenvalue weighted by molar-refractivity contribution is 0.0359. The maximum Gasteiger partial charge on any atom is 0.145 e. The lowest BCUT2D eigenvalue weighted by Gasteiger charge is -2.26. The molecular formula is C10H18N4O. The van der Waals surface area contributed by atoms with Gasteiger partial charge >= 0.3 is 0 Å². The first kappa shape index (κ1) is 10.4. The molecule has 1 aromatic rings. The Morgan fingerprint density at radius 1 is 1.40 bits per heavy atom. The largest absolute Gasteiger partial charge is 0.382 e. The second-order valence-electron chi connectivity index (χ2n) is 3.89. The number of morpholine rings is 1. The Balaban J connectivity index is 1.84. The molecule has 84 valence electrons. The van der Waals surface area contributed by atoms with Crippen LogP contribution in [0.2, 0.25) is 0 Å². The number of nitrogen functional groups attached to an aromatic ring is 1. The summed E-state index contributed by atoms with van der Waals surface area (Å²) >= 11 is 0. The fourth-order valence-electron chi connectivity index (χ4n) is 1.82. The summed E-state index contributed by atoms with van der Waals surface area (Å²) in [6.07, 6.45) is 0. The predicted molar refractivity (Wildman–Crippen MR) is 58.6 cm³/mol. The van der Waals surface area contributed by atoms with Gasteiger partial charge in [0.05, 0.1) is 19.8 Å². The fraction of sp³-hybridized carbons (Fsp3) is 0.700. The Kier molecular flexibility index (Phi) is 3.23. The van der Waals surface area contributed by atoms with Gasteiger partial charge in [-0.2, -0.15) is 5.10 Å². The van der Waals surface area contributed by atoms with Crippen LogP contribution in [-0.4, -0.2) is 47.5 Å². The molecule has 0 radical (unpaired) electrons. The third kappa shape index (κ3) is 2.70. The zero-order chi connectivity index (χ0) is 10.7. The van der Waals surface area contributed by atoms with Gasteiger partial charge in [-0.3, -0.25) is 9.58 Å². The van der Waals surface area contributed by atoms with Gasteiger partial charge in [0.25, 0.3) is 0 Å². The van der Waals surface area contributed by atoms with Crippen molar-refractivity contribution in [2.75, 3.05) is 38.6 Å². The minimum absolute atomic E-state index is 0.606. The average molecular weight is 210 g/mol. The minimum atomic E-state index is 0.606. The van der Waals surface area contributed by atoms with Crippen LogP contribution < -0.4 is 5.73 Å². The van der Waals surface area contributed by atoms with E-state index in [1.54, 1.807) is 0 Å². The van der Waals surface area contributed by atoms with Crippen molar-refractivity contribution in [1.82, 2.24) is 14.7 Å². The van der Waals surface area contributed by atoms with Crippen molar-refractivity contribution in [3.63, 3.8) is 0 Å². The lowest BCUT2D eigenvalue weighted by Crippen LogP contribution is -2.38. The van der Waals surface area contributed by atoms with Gasteiger partial charge < -0.3 is 10.5 Å². The Morgan fingerprint density at radius 2 is 2.13 bits per heavy atom. The monoisotopic (exact) mass is 210 g/mol. The van der Waals surface area contributed by atoms with Crippen LogP contribution in [0.5, 0.6) is 0 Å². The molecule has 1 aromatic heterocycles. The summed E-state index contributed by atoms with van der Waals surface area (Å²) in [5.74, 6) is 0.606. The van der Waals surface area contributed by atoms with E-state index in [2.05, 4.69) is 10.00 Å². The number of hydrogen-bond acceptors (Lipinski definition) is 4. The van der Waals surface area contributed by atoms with Gasteiger partial charge in [0.1, 0.15) is 5.82 Å². The van der Waals surface area contributed by atoms with E-state index < -0.39 is 0 Å². The second-order valence-corrected chi connectivity index (χ2v) is 3.89. The molecule has 1 aliphatic rings. The van der Waals surface area contributed by atoms with E-state index in [1.807, 2.05) is 17.7 Å². The van der Waals surface area contributed by atoms with Crippen LogP contribution in [0, 0.1) is 6.92 Å². The molecule has 0 spiro atoms. The topological polar surface area (TPSA) is 56.3 Å². The molecule has 2 rings (SSSR count). The van der Waals surface area contributed by atoms with Crippen molar-refractivity contribution >= 4 is 5.82 Å². The van der Waals surface area contributed by atoms with E-state index >= 15 is 0 Å². The fourth-order valence-corrected chi connectivity index (χ4v) is 1.82. The highest BCUT2D eigenvalue weighted by Crippen LogP contribution is 2.05. The van der Waals surface area contributed by atoms with Crippen molar-refractivity contribution in [2.24, 2.45) is 0 Å². The number of rotatable bonds is 3. The van der Waals surface area contributed by atoms with Gasteiger partial charge in [-0.15, -0.1) is 0 Å². The summed E-state index contributed by atoms with van der Waals surface area (Å²) in [7, 11) is 0. The maximum absolute atomic E-state index is 5.62. The number of aryl methyl sites for hydroxylation is 1. The molecule has 2 N–H and O–H groups in total. The quantitative estimate of drug-likeness (QED) is 0.769. The van der Waals surface area contributed by atoms with E-state index in [0.717, 1.165) is 45.1 Å². The summed E-state index contributed by atoms with van der Waals surface area (Å²) in [4.78, 5) is 2.39. The van der Waals surface area contributed by atoms with Gasteiger partial charge in [-0.05, 0) is 6.92 Å². The Labute approximate surface area is 89.8 Å². The molecule has 0 bridgehead atoms. The SMILES string of the molecule is Cc1cc(N)nn1CCN1CCOCC1. The maximum atomic E-state index is 5.62. The van der Waals surface area contributed by atoms with Crippen LogP contribution in [0.4, 0.5) is 5.82 Å². The van der Waals surface area contributed by atoms with Crippen LogP contribution in [0.25, 0.3) is 0 Å². The molecule has 0 atom stereocenters. The Bertz CT molecular complexity index is 317. The van der Waals surface area contributed by atoms with Crippen molar-refractivity contribution in [1.29, 1.82) is 0 Å². The number of ether oxygens (including phenoxy) is 1. The first-order valence-corrected chi connectivity index (χ1v) is 5.36. The number of aromatic nitrogens is 2. The first-order chi connectivity index (χ1) is 7.25. The molecule has 15 heavy (non-hydrogen) atoms. The van der Waals surface area contributed by atoms with Crippen molar-refractivity contribution in [3.8, 4) is 0 Å². The van der Waals surface area contributed by atoms with Gasteiger partial charge in [-0.25, -0.2) is 0 Å². The van der Waals surface area contributed by atoms with Crippen molar-refractivity contribution in [3.05, 3.63) is 11.8 Å². The van der Waals surface area contributed by atoms with Gasteiger partial charge in [0, 0.05) is 31.4 Å². The molecule has 0 unspecified atom stereocenters. The van der Waals surface area contributed by atoms with E-state index in [9.17, 15) is 0 Å². The summed E-state index contributed by atoms with van der Waals surface area (Å²) in [5, 5.41) is 4.23. The molecule has 1 aliphatic heterocycles. The number of hydrogen-bond donors (Lipinski definition) is 1. The highest BCUT2D eigenvalue weighted by molar-refractivity contribution is 5.28. The van der Waals surface area contributed by atoms with Gasteiger partial charge in [0.2, 0.25) is 0 Å². The molecule has 1 fully saturated rings. The van der Waals surface area contributed by atoms with E-state index in [1.165, 1.54) is 0 Å². The van der Waals surface area contributed by atoms with E-state index in [4.69, 9.17) is 10.5 Å². The highest BCUT2D eigenvalue weighted by atomic mass is 16.5. The zero-order valence-electron chi connectivity index (χ0n) is 9.15. The van der Waals surface area contributed by atoms with Crippen molar-refractivity contribution < 1.29 is 4.74 Å². The normalized spacial score (nSPS) is 18.2. The number of nitrogens with zero attached hydrogens (tertiary/aromatic N) is 3. The standard InChI is InChI=1S/C10H18N4O/c1-9-8-10(11)12-14(9)3-2-13-4-6-15-7-5-13/h8H,2-7H2,1H3,(H2,11,12). The smallest absolute Gasteiger partial charge is 0.145 e. The van der Waals surface area contributed by atoms with Crippen LogP contribution in [0.3, 0.4) is 0 Å². The highest BCUT2D eigenvalue weighted by Gasteiger charge is 2.10. The molecule has 5 heteroatoms. The zero-order valence-corrected chi connectivity index (χ0v) is 9.15. The molecule has 0 saturated carbocycles. The minimum Gasteiger partial charge on any atom is -0.382 e. The Hall–Kier alpha value is -1.07. The molecule has 1 saturated heterocycles. The van der Waals surface area contributed by atoms with E-state index in [-0.39, 0.29) is 0 Å².